The van der Waals surface area contributed by atoms with Gasteiger partial charge in [-0.1, -0.05) is 28.1 Å². The number of para-hydroxylation sites is 1. The molecular formula is C15H20BrNO2. The zero-order chi connectivity index (χ0) is 13.7. The van der Waals surface area contributed by atoms with E-state index in [1.165, 1.54) is 0 Å². The largest absolute Gasteiger partial charge is 0.493 e. The SMILES string of the molecule is CCOc1ccccc1C(=O)NC1CCC(Br)CC1. The number of carbonyl (C=O) groups is 1. The summed E-state index contributed by atoms with van der Waals surface area (Å²) in [6.07, 6.45) is 4.33. The summed E-state index contributed by atoms with van der Waals surface area (Å²) in [5.41, 5.74) is 0.630. The van der Waals surface area contributed by atoms with Crippen molar-refractivity contribution >= 4 is 21.8 Å². The average molecular weight is 326 g/mol. The molecule has 0 bridgehead atoms. The van der Waals surface area contributed by atoms with Crippen LogP contribution in [0.1, 0.15) is 43.0 Å². The Morgan fingerprint density at radius 2 is 2.00 bits per heavy atom. The molecule has 1 aliphatic rings. The van der Waals surface area contributed by atoms with Crippen molar-refractivity contribution in [2.45, 2.75) is 43.5 Å². The number of ether oxygens (including phenoxy) is 1. The highest BCUT2D eigenvalue weighted by molar-refractivity contribution is 9.09. The topological polar surface area (TPSA) is 38.3 Å². The lowest BCUT2D eigenvalue weighted by Crippen LogP contribution is -2.37. The van der Waals surface area contributed by atoms with Crippen LogP contribution in [0, 0.1) is 0 Å². The standard InChI is InChI=1S/C15H20BrNO2/c1-2-19-14-6-4-3-5-13(14)15(18)17-12-9-7-11(16)8-10-12/h3-6,11-12H,2,7-10H2,1H3,(H,17,18). The Bertz CT molecular complexity index is 428. The molecule has 1 aromatic carbocycles. The zero-order valence-electron chi connectivity index (χ0n) is 11.2. The molecule has 4 heteroatoms. The molecule has 1 N–H and O–H groups in total. The maximum absolute atomic E-state index is 12.3. The van der Waals surface area contributed by atoms with E-state index in [4.69, 9.17) is 4.74 Å². The van der Waals surface area contributed by atoms with Crippen LogP contribution in [0.2, 0.25) is 0 Å². The lowest BCUT2D eigenvalue weighted by atomic mass is 9.95. The predicted molar refractivity (Wildman–Crippen MR) is 80.0 cm³/mol. The summed E-state index contributed by atoms with van der Waals surface area (Å²) >= 11 is 3.63. The maximum Gasteiger partial charge on any atom is 0.255 e. The monoisotopic (exact) mass is 325 g/mol. The van der Waals surface area contributed by atoms with Gasteiger partial charge in [-0.15, -0.1) is 0 Å². The van der Waals surface area contributed by atoms with Gasteiger partial charge in [-0.25, -0.2) is 0 Å². The lowest BCUT2D eigenvalue weighted by molar-refractivity contribution is 0.0924. The number of nitrogens with one attached hydrogen (secondary N) is 1. The first-order valence-corrected chi connectivity index (χ1v) is 7.79. The first-order valence-electron chi connectivity index (χ1n) is 6.87. The molecule has 3 nitrogen and oxygen atoms in total. The molecule has 104 valence electrons. The van der Waals surface area contributed by atoms with E-state index in [2.05, 4.69) is 21.2 Å². The molecule has 0 atom stereocenters. The zero-order valence-corrected chi connectivity index (χ0v) is 12.8. The van der Waals surface area contributed by atoms with Crippen LogP contribution in [-0.4, -0.2) is 23.4 Å². The molecule has 0 saturated heterocycles. The van der Waals surface area contributed by atoms with E-state index >= 15 is 0 Å². The predicted octanol–water partition coefficient (Wildman–Crippen LogP) is 3.52. The van der Waals surface area contributed by atoms with Gasteiger partial charge in [0.2, 0.25) is 0 Å². The van der Waals surface area contributed by atoms with E-state index in [-0.39, 0.29) is 11.9 Å². The molecular weight excluding hydrogens is 306 g/mol. The van der Waals surface area contributed by atoms with Crippen LogP contribution in [0.3, 0.4) is 0 Å². The highest BCUT2D eigenvalue weighted by atomic mass is 79.9. The minimum absolute atomic E-state index is 0.0259. The average Bonchev–Trinajstić information content (AvgIpc) is 2.42. The summed E-state index contributed by atoms with van der Waals surface area (Å²) in [4.78, 5) is 12.9. The number of amides is 1. The van der Waals surface area contributed by atoms with Crippen LogP contribution < -0.4 is 10.1 Å². The van der Waals surface area contributed by atoms with Gasteiger partial charge in [0.05, 0.1) is 12.2 Å². The fraction of sp³-hybridized carbons (Fsp3) is 0.533. The number of alkyl halides is 1. The highest BCUT2D eigenvalue weighted by Gasteiger charge is 2.22. The van der Waals surface area contributed by atoms with Crippen LogP contribution in [0.25, 0.3) is 0 Å². The Hall–Kier alpha value is -1.03. The summed E-state index contributed by atoms with van der Waals surface area (Å²) in [7, 11) is 0. The lowest BCUT2D eigenvalue weighted by Gasteiger charge is -2.26. The normalized spacial score (nSPS) is 22.8. The van der Waals surface area contributed by atoms with E-state index < -0.39 is 0 Å². The van der Waals surface area contributed by atoms with E-state index in [9.17, 15) is 4.79 Å². The number of carbonyl (C=O) groups excluding carboxylic acids is 1. The molecule has 1 fully saturated rings. The highest BCUT2D eigenvalue weighted by Crippen LogP contribution is 2.25. The quantitative estimate of drug-likeness (QED) is 0.860. The van der Waals surface area contributed by atoms with E-state index in [1.807, 2.05) is 31.2 Å². The molecule has 0 heterocycles. The van der Waals surface area contributed by atoms with E-state index in [1.54, 1.807) is 0 Å². The van der Waals surface area contributed by atoms with Gasteiger partial charge in [0.1, 0.15) is 5.75 Å². The Kier molecular flexibility index (Phi) is 5.25. The van der Waals surface area contributed by atoms with Crippen LogP contribution in [0.5, 0.6) is 5.75 Å². The van der Waals surface area contributed by atoms with Gasteiger partial charge < -0.3 is 10.1 Å². The molecule has 0 aliphatic heterocycles. The fourth-order valence-corrected chi connectivity index (χ4v) is 2.92. The summed E-state index contributed by atoms with van der Waals surface area (Å²) in [5.74, 6) is 0.638. The number of hydrogen-bond donors (Lipinski definition) is 1. The molecule has 19 heavy (non-hydrogen) atoms. The Morgan fingerprint density at radius 1 is 1.32 bits per heavy atom. The number of halogens is 1. The fourth-order valence-electron chi connectivity index (χ4n) is 2.40. The van der Waals surface area contributed by atoms with Crippen molar-refractivity contribution in [3.63, 3.8) is 0 Å². The van der Waals surface area contributed by atoms with Crippen LogP contribution in [0.4, 0.5) is 0 Å². The molecule has 1 aromatic rings. The van der Waals surface area contributed by atoms with Crippen molar-refractivity contribution in [1.29, 1.82) is 0 Å². The van der Waals surface area contributed by atoms with E-state index in [0.717, 1.165) is 25.7 Å². The minimum atomic E-state index is -0.0259. The van der Waals surface area contributed by atoms with Crippen LogP contribution >= 0.6 is 15.9 Å². The van der Waals surface area contributed by atoms with Gasteiger partial charge in [0, 0.05) is 10.9 Å². The molecule has 2 rings (SSSR count). The second kappa shape index (κ2) is 6.94. The molecule has 1 aliphatic carbocycles. The molecule has 1 amide bonds. The van der Waals surface area contributed by atoms with Crippen LogP contribution in [-0.2, 0) is 0 Å². The first kappa shape index (κ1) is 14.4. The maximum atomic E-state index is 12.3. The van der Waals surface area contributed by atoms with Crippen molar-refractivity contribution in [3.8, 4) is 5.75 Å². The molecule has 1 saturated carbocycles. The molecule has 0 spiro atoms. The third-order valence-corrected chi connectivity index (χ3v) is 4.34. The van der Waals surface area contributed by atoms with Gasteiger partial charge in [0.15, 0.2) is 0 Å². The third kappa shape index (κ3) is 3.96. The number of benzene rings is 1. The number of rotatable bonds is 4. The second-order valence-electron chi connectivity index (χ2n) is 4.85. The Morgan fingerprint density at radius 3 is 2.68 bits per heavy atom. The number of hydrogen-bond acceptors (Lipinski definition) is 2. The Balaban J connectivity index is 1.99. The van der Waals surface area contributed by atoms with Crippen molar-refractivity contribution in [2.24, 2.45) is 0 Å². The van der Waals surface area contributed by atoms with Crippen molar-refractivity contribution in [1.82, 2.24) is 5.32 Å². The van der Waals surface area contributed by atoms with Crippen molar-refractivity contribution in [3.05, 3.63) is 29.8 Å². The molecule has 0 aromatic heterocycles. The Labute approximate surface area is 122 Å². The smallest absolute Gasteiger partial charge is 0.255 e. The van der Waals surface area contributed by atoms with Crippen molar-refractivity contribution < 1.29 is 9.53 Å². The summed E-state index contributed by atoms with van der Waals surface area (Å²) < 4.78 is 5.50. The second-order valence-corrected chi connectivity index (χ2v) is 6.15. The van der Waals surface area contributed by atoms with E-state index in [0.29, 0.717) is 22.7 Å². The molecule has 0 unspecified atom stereocenters. The van der Waals surface area contributed by atoms with Gasteiger partial charge in [-0.2, -0.15) is 0 Å². The van der Waals surface area contributed by atoms with Gasteiger partial charge >= 0.3 is 0 Å². The van der Waals surface area contributed by atoms with Gasteiger partial charge in [-0.05, 0) is 44.7 Å². The summed E-state index contributed by atoms with van der Waals surface area (Å²) in [6, 6.07) is 7.70. The van der Waals surface area contributed by atoms with Gasteiger partial charge in [-0.3, -0.25) is 4.79 Å². The first-order chi connectivity index (χ1) is 9.20. The summed E-state index contributed by atoms with van der Waals surface area (Å²) in [6.45, 7) is 2.49. The minimum Gasteiger partial charge on any atom is -0.493 e. The summed E-state index contributed by atoms with van der Waals surface area (Å²) in [5, 5.41) is 3.11. The van der Waals surface area contributed by atoms with Gasteiger partial charge in [0.25, 0.3) is 5.91 Å². The molecule has 0 radical (unpaired) electrons. The van der Waals surface area contributed by atoms with Crippen molar-refractivity contribution in [2.75, 3.05) is 6.61 Å². The third-order valence-electron chi connectivity index (χ3n) is 3.42. The van der Waals surface area contributed by atoms with Crippen LogP contribution in [0.15, 0.2) is 24.3 Å².